The Kier molecular flexibility index (Phi) is 5.28. The van der Waals surface area contributed by atoms with Crippen LogP contribution in [0.4, 0.5) is 0 Å². The van der Waals surface area contributed by atoms with Gasteiger partial charge in [-0.05, 0) is 46.3 Å². The number of rotatable bonds is 5. The minimum Gasteiger partial charge on any atom is -0.489 e. The number of nitriles is 1. The molecule has 0 aliphatic heterocycles. The Morgan fingerprint density at radius 1 is 1.05 bits per heavy atom. The second-order valence-corrected chi connectivity index (χ2v) is 5.15. The average Bonchev–Trinajstić information content (AvgIpc) is 2.46. The molecule has 0 radical (unpaired) electrons. The molecule has 5 heteroatoms. The highest BCUT2D eigenvalue weighted by Crippen LogP contribution is 2.26. The minimum atomic E-state index is 0.385. The van der Waals surface area contributed by atoms with Gasteiger partial charge in [0, 0.05) is 0 Å². The van der Waals surface area contributed by atoms with E-state index in [0.29, 0.717) is 35.3 Å². The number of hydrogen-bond donors (Lipinski definition) is 0. The van der Waals surface area contributed by atoms with E-state index >= 15 is 0 Å². The van der Waals surface area contributed by atoms with E-state index in [4.69, 9.17) is 26.3 Å². The topological polar surface area (TPSA) is 42.2 Å². The van der Waals surface area contributed by atoms with Gasteiger partial charge >= 0.3 is 0 Å². The monoisotopic (exact) mass is 351 g/mol. The summed E-state index contributed by atoms with van der Waals surface area (Å²) in [5.74, 6) is 1.31. The molecule has 0 atom stereocenters. The van der Waals surface area contributed by atoms with Crippen molar-refractivity contribution in [2.45, 2.75) is 0 Å². The zero-order valence-corrected chi connectivity index (χ0v) is 12.8. The van der Waals surface area contributed by atoms with Crippen molar-refractivity contribution in [3.63, 3.8) is 0 Å². The summed E-state index contributed by atoms with van der Waals surface area (Å²) in [6, 6.07) is 14.5. The zero-order valence-electron chi connectivity index (χ0n) is 10.5. The molecule has 0 spiro atoms. The van der Waals surface area contributed by atoms with Crippen molar-refractivity contribution in [2.75, 3.05) is 13.2 Å². The lowest BCUT2D eigenvalue weighted by molar-refractivity contribution is 0.216. The van der Waals surface area contributed by atoms with Crippen LogP contribution in [0.3, 0.4) is 0 Å². The summed E-state index contributed by atoms with van der Waals surface area (Å²) in [5.41, 5.74) is 0.580. The number of ether oxygens (including phenoxy) is 2. The summed E-state index contributed by atoms with van der Waals surface area (Å²) in [5, 5.41) is 9.35. The number of benzene rings is 2. The van der Waals surface area contributed by atoms with Crippen LogP contribution in [0.2, 0.25) is 5.02 Å². The molecule has 0 N–H and O–H groups in total. The Hall–Kier alpha value is -1.70. The molecule has 0 amide bonds. The van der Waals surface area contributed by atoms with E-state index in [-0.39, 0.29) is 0 Å². The normalized spacial score (nSPS) is 9.85. The van der Waals surface area contributed by atoms with E-state index in [1.807, 2.05) is 12.1 Å². The second-order valence-electron chi connectivity index (χ2n) is 3.88. The Labute approximate surface area is 130 Å². The van der Waals surface area contributed by atoms with Crippen molar-refractivity contribution < 1.29 is 9.47 Å². The fourth-order valence-corrected chi connectivity index (χ4v) is 2.24. The molecule has 20 heavy (non-hydrogen) atoms. The molecule has 0 bridgehead atoms. The average molecular weight is 353 g/mol. The third-order valence-electron chi connectivity index (χ3n) is 2.50. The summed E-state index contributed by atoms with van der Waals surface area (Å²) < 4.78 is 11.8. The first-order valence-corrected chi connectivity index (χ1v) is 7.07. The highest BCUT2D eigenvalue weighted by molar-refractivity contribution is 9.10. The van der Waals surface area contributed by atoms with E-state index in [1.165, 1.54) is 0 Å². The van der Waals surface area contributed by atoms with Crippen molar-refractivity contribution in [1.82, 2.24) is 0 Å². The molecular weight excluding hydrogens is 342 g/mol. The molecule has 0 aromatic heterocycles. The van der Waals surface area contributed by atoms with Gasteiger partial charge in [0.1, 0.15) is 24.7 Å². The summed E-state index contributed by atoms with van der Waals surface area (Å²) in [4.78, 5) is 0. The summed E-state index contributed by atoms with van der Waals surface area (Å²) >= 11 is 9.33. The van der Waals surface area contributed by atoms with E-state index in [9.17, 15) is 0 Å². The van der Waals surface area contributed by atoms with Crippen molar-refractivity contribution in [2.24, 2.45) is 0 Å². The van der Waals surface area contributed by atoms with Crippen LogP contribution in [0.5, 0.6) is 11.5 Å². The van der Waals surface area contributed by atoms with Crippen molar-refractivity contribution in [1.29, 1.82) is 5.26 Å². The molecule has 0 aliphatic rings. The Morgan fingerprint density at radius 3 is 2.40 bits per heavy atom. The maximum atomic E-state index is 8.77. The third kappa shape index (κ3) is 3.89. The molecule has 0 saturated heterocycles. The van der Waals surface area contributed by atoms with Gasteiger partial charge in [-0.25, -0.2) is 0 Å². The van der Waals surface area contributed by atoms with Crippen molar-refractivity contribution in [3.05, 3.63) is 57.5 Å². The fraction of sp³-hybridized carbons (Fsp3) is 0.133. The first-order valence-electron chi connectivity index (χ1n) is 5.90. The molecule has 0 fully saturated rings. The Morgan fingerprint density at radius 2 is 1.75 bits per heavy atom. The SMILES string of the molecule is N#Cc1ccc(OCCOc2ccccc2Cl)c(Br)c1. The third-order valence-corrected chi connectivity index (χ3v) is 3.43. The van der Waals surface area contributed by atoms with Crippen LogP contribution < -0.4 is 9.47 Å². The van der Waals surface area contributed by atoms with Crippen LogP contribution in [-0.4, -0.2) is 13.2 Å². The Bertz CT molecular complexity index is 640. The van der Waals surface area contributed by atoms with Gasteiger partial charge in [-0.1, -0.05) is 23.7 Å². The lowest BCUT2D eigenvalue weighted by Gasteiger charge is -2.10. The van der Waals surface area contributed by atoms with Crippen LogP contribution in [0.1, 0.15) is 5.56 Å². The predicted molar refractivity (Wildman–Crippen MR) is 81.3 cm³/mol. The lowest BCUT2D eigenvalue weighted by atomic mass is 10.2. The van der Waals surface area contributed by atoms with Crippen molar-refractivity contribution in [3.8, 4) is 17.6 Å². The molecule has 0 saturated carbocycles. The zero-order chi connectivity index (χ0) is 14.4. The summed E-state index contributed by atoms with van der Waals surface area (Å²) in [7, 11) is 0. The van der Waals surface area contributed by atoms with E-state index in [1.54, 1.807) is 30.3 Å². The number of halogens is 2. The maximum absolute atomic E-state index is 8.77. The molecule has 2 aromatic carbocycles. The largest absolute Gasteiger partial charge is 0.489 e. The van der Waals surface area contributed by atoms with Gasteiger partial charge in [0.2, 0.25) is 0 Å². The molecule has 2 rings (SSSR count). The van der Waals surface area contributed by atoms with E-state index in [0.717, 1.165) is 4.47 Å². The van der Waals surface area contributed by atoms with Crippen LogP contribution in [0.15, 0.2) is 46.9 Å². The molecule has 3 nitrogen and oxygen atoms in total. The van der Waals surface area contributed by atoms with Gasteiger partial charge < -0.3 is 9.47 Å². The van der Waals surface area contributed by atoms with Gasteiger partial charge in [0.05, 0.1) is 21.1 Å². The van der Waals surface area contributed by atoms with Crippen molar-refractivity contribution >= 4 is 27.5 Å². The molecule has 0 unspecified atom stereocenters. The van der Waals surface area contributed by atoms with Gasteiger partial charge in [-0.15, -0.1) is 0 Å². The van der Waals surface area contributed by atoms with Gasteiger partial charge in [0.25, 0.3) is 0 Å². The molecule has 0 heterocycles. The second kappa shape index (κ2) is 7.18. The molecular formula is C15H11BrClNO2. The number of para-hydroxylation sites is 1. The fourth-order valence-electron chi connectivity index (χ4n) is 1.55. The van der Waals surface area contributed by atoms with Gasteiger partial charge in [-0.2, -0.15) is 5.26 Å². The molecule has 102 valence electrons. The summed E-state index contributed by atoms with van der Waals surface area (Å²) in [6.07, 6.45) is 0. The molecule has 0 aliphatic carbocycles. The van der Waals surface area contributed by atoms with Crippen LogP contribution >= 0.6 is 27.5 Å². The van der Waals surface area contributed by atoms with Crippen LogP contribution in [0, 0.1) is 11.3 Å². The highest BCUT2D eigenvalue weighted by atomic mass is 79.9. The predicted octanol–water partition coefficient (Wildman–Crippen LogP) is 4.43. The quantitative estimate of drug-likeness (QED) is 0.747. The maximum Gasteiger partial charge on any atom is 0.138 e. The van der Waals surface area contributed by atoms with Gasteiger partial charge in [-0.3, -0.25) is 0 Å². The Balaban J connectivity index is 1.85. The summed E-state index contributed by atoms with van der Waals surface area (Å²) in [6.45, 7) is 0.770. The highest BCUT2D eigenvalue weighted by Gasteiger charge is 2.03. The lowest BCUT2D eigenvalue weighted by Crippen LogP contribution is -2.09. The number of hydrogen-bond acceptors (Lipinski definition) is 3. The van der Waals surface area contributed by atoms with Crippen LogP contribution in [-0.2, 0) is 0 Å². The first kappa shape index (κ1) is 14.7. The van der Waals surface area contributed by atoms with Crippen LogP contribution in [0.25, 0.3) is 0 Å². The molecule has 2 aromatic rings. The standard InChI is InChI=1S/C15H11BrClNO2/c16-12-9-11(10-18)5-6-14(12)19-7-8-20-15-4-2-1-3-13(15)17/h1-6,9H,7-8H2. The van der Waals surface area contributed by atoms with E-state index < -0.39 is 0 Å². The van der Waals surface area contributed by atoms with E-state index in [2.05, 4.69) is 22.0 Å². The number of nitrogens with zero attached hydrogens (tertiary/aromatic N) is 1. The smallest absolute Gasteiger partial charge is 0.138 e. The minimum absolute atomic E-state index is 0.385. The first-order chi connectivity index (χ1) is 9.70. The van der Waals surface area contributed by atoms with Gasteiger partial charge in [0.15, 0.2) is 0 Å².